The van der Waals surface area contributed by atoms with Gasteiger partial charge in [-0.15, -0.1) is 0 Å². The summed E-state index contributed by atoms with van der Waals surface area (Å²) >= 11 is 0. The van der Waals surface area contributed by atoms with Gasteiger partial charge in [-0.3, -0.25) is 10.3 Å². The smallest absolute Gasteiger partial charge is 0.338 e. The summed E-state index contributed by atoms with van der Waals surface area (Å²) in [6.07, 6.45) is -0.453. The van der Waals surface area contributed by atoms with E-state index in [1.54, 1.807) is 4.90 Å². The number of urea groups is 1. The van der Waals surface area contributed by atoms with Gasteiger partial charge in [0.1, 0.15) is 5.60 Å². The van der Waals surface area contributed by atoms with Crippen molar-refractivity contribution < 1.29 is 22.8 Å². The molecule has 1 saturated heterocycles. The Labute approximate surface area is 178 Å². The number of rotatable bonds is 4. The van der Waals surface area contributed by atoms with E-state index in [0.717, 1.165) is 18.6 Å². The van der Waals surface area contributed by atoms with Crippen molar-refractivity contribution in [2.24, 2.45) is 0 Å². The van der Waals surface area contributed by atoms with Crippen LogP contribution in [0.25, 0.3) is 5.70 Å². The number of hydrogen-bond acceptors (Lipinski definition) is 3. The zero-order valence-electron chi connectivity index (χ0n) is 16.9. The van der Waals surface area contributed by atoms with Crippen molar-refractivity contribution in [1.29, 1.82) is 0 Å². The van der Waals surface area contributed by atoms with E-state index in [-0.39, 0.29) is 6.03 Å². The topological polar surface area (TPSA) is 53.6 Å². The first kappa shape index (κ1) is 21.2. The third kappa shape index (κ3) is 5.02. The van der Waals surface area contributed by atoms with Gasteiger partial charge in [0, 0.05) is 32.5 Å². The Hall–Kier alpha value is -3.00. The lowest BCUT2D eigenvalue weighted by Crippen LogP contribution is -2.50. The van der Waals surface area contributed by atoms with Crippen LogP contribution in [0, 0.1) is 0 Å². The van der Waals surface area contributed by atoms with Crippen LogP contribution in [0.4, 0.5) is 18.0 Å². The number of piperidine rings is 1. The van der Waals surface area contributed by atoms with Gasteiger partial charge < -0.3 is 10.2 Å². The molecule has 4 rings (SSSR count). The zero-order valence-corrected chi connectivity index (χ0v) is 16.9. The number of hydroxylamine groups is 1. The van der Waals surface area contributed by atoms with Crippen LogP contribution in [0.2, 0.25) is 0 Å². The fourth-order valence-electron chi connectivity index (χ4n) is 3.86. The van der Waals surface area contributed by atoms with Crippen molar-refractivity contribution in [1.82, 2.24) is 15.7 Å². The van der Waals surface area contributed by atoms with Crippen molar-refractivity contribution in [3.8, 4) is 0 Å². The van der Waals surface area contributed by atoms with Crippen molar-refractivity contribution in [2.45, 2.75) is 31.0 Å². The normalized spacial score (nSPS) is 17.9. The SMILES string of the molecule is O=C(NCCc1ccccc1)N1CCC2(C=C(c3ccc(C(F)(F)F)cc3)NO2)CC1. The molecule has 0 radical (unpaired) electrons. The maximum Gasteiger partial charge on any atom is 0.416 e. The Morgan fingerprint density at radius 3 is 2.39 bits per heavy atom. The maximum atomic E-state index is 12.8. The van der Waals surface area contributed by atoms with Crippen LogP contribution >= 0.6 is 0 Å². The number of likely N-dealkylation sites (tertiary alicyclic amines) is 1. The predicted octanol–water partition coefficient (Wildman–Crippen LogP) is 4.37. The summed E-state index contributed by atoms with van der Waals surface area (Å²) in [4.78, 5) is 20.0. The first-order valence-electron chi connectivity index (χ1n) is 10.3. The molecule has 2 heterocycles. The Morgan fingerprint density at radius 2 is 1.74 bits per heavy atom. The highest BCUT2D eigenvalue weighted by Gasteiger charge is 2.40. The van der Waals surface area contributed by atoms with Crippen LogP contribution in [-0.2, 0) is 17.4 Å². The monoisotopic (exact) mass is 431 g/mol. The van der Waals surface area contributed by atoms with Crippen LogP contribution in [0.5, 0.6) is 0 Å². The highest BCUT2D eigenvalue weighted by Crippen LogP contribution is 2.35. The molecule has 2 amide bonds. The number of halogens is 3. The minimum Gasteiger partial charge on any atom is -0.338 e. The molecule has 8 heteroatoms. The van der Waals surface area contributed by atoms with Crippen molar-refractivity contribution >= 4 is 11.7 Å². The number of nitrogens with one attached hydrogen (secondary N) is 2. The average molecular weight is 431 g/mol. The number of alkyl halides is 3. The number of nitrogens with zero attached hydrogens (tertiary/aromatic N) is 1. The van der Waals surface area contributed by atoms with E-state index in [4.69, 9.17) is 4.84 Å². The number of hydrogen-bond donors (Lipinski definition) is 2. The Kier molecular flexibility index (Phi) is 5.91. The molecule has 0 saturated carbocycles. The van der Waals surface area contributed by atoms with Gasteiger partial charge in [0.2, 0.25) is 0 Å². The third-order valence-electron chi connectivity index (χ3n) is 5.72. The van der Waals surface area contributed by atoms with Crippen LogP contribution in [0.3, 0.4) is 0 Å². The molecule has 164 valence electrons. The summed E-state index contributed by atoms with van der Waals surface area (Å²) in [6, 6.07) is 14.9. The molecule has 2 aliphatic rings. The zero-order chi connectivity index (χ0) is 21.9. The fourth-order valence-corrected chi connectivity index (χ4v) is 3.86. The van der Waals surface area contributed by atoms with Gasteiger partial charge >= 0.3 is 12.2 Å². The van der Waals surface area contributed by atoms with E-state index in [1.165, 1.54) is 17.7 Å². The molecule has 1 fully saturated rings. The van der Waals surface area contributed by atoms with Crippen molar-refractivity contribution in [3.63, 3.8) is 0 Å². The van der Waals surface area contributed by atoms with Gasteiger partial charge in [0.25, 0.3) is 0 Å². The first-order chi connectivity index (χ1) is 14.8. The summed E-state index contributed by atoms with van der Waals surface area (Å²) in [5.74, 6) is 0. The fraction of sp³-hybridized carbons (Fsp3) is 0.348. The Morgan fingerprint density at radius 1 is 1.06 bits per heavy atom. The summed E-state index contributed by atoms with van der Waals surface area (Å²) in [5, 5.41) is 2.96. The van der Waals surface area contributed by atoms with Crippen molar-refractivity contribution in [3.05, 3.63) is 77.4 Å². The van der Waals surface area contributed by atoms with Crippen molar-refractivity contribution in [2.75, 3.05) is 19.6 Å². The summed E-state index contributed by atoms with van der Waals surface area (Å²) in [6.45, 7) is 1.64. The highest BCUT2D eigenvalue weighted by molar-refractivity contribution is 5.74. The molecular weight excluding hydrogens is 407 g/mol. The van der Waals surface area contributed by atoms with Gasteiger partial charge in [0.15, 0.2) is 0 Å². The maximum absolute atomic E-state index is 12.8. The lowest BCUT2D eigenvalue weighted by atomic mass is 9.90. The van der Waals surface area contributed by atoms with Crippen LogP contribution in [0.1, 0.15) is 29.5 Å². The Bertz CT molecular complexity index is 935. The van der Waals surface area contributed by atoms with E-state index in [0.29, 0.717) is 43.7 Å². The van der Waals surface area contributed by atoms with Crippen LogP contribution in [-0.4, -0.2) is 36.2 Å². The molecule has 0 unspecified atom stereocenters. The van der Waals surface area contributed by atoms with Crippen LogP contribution < -0.4 is 10.8 Å². The molecule has 5 nitrogen and oxygen atoms in total. The summed E-state index contributed by atoms with van der Waals surface area (Å²) < 4.78 is 38.3. The van der Waals surface area contributed by atoms with Gasteiger partial charge in [-0.25, -0.2) is 4.79 Å². The quantitative estimate of drug-likeness (QED) is 0.756. The molecule has 2 aliphatic heterocycles. The van der Waals surface area contributed by atoms with E-state index < -0.39 is 17.3 Å². The summed E-state index contributed by atoms with van der Waals surface area (Å²) in [5.41, 5.74) is 4.06. The van der Waals surface area contributed by atoms with E-state index >= 15 is 0 Å². The second-order valence-electron chi connectivity index (χ2n) is 7.86. The predicted molar refractivity (Wildman–Crippen MR) is 111 cm³/mol. The second kappa shape index (κ2) is 8.63. The minimum absolute atomic E-state index is 0.0938. The number of benzene rings is 2. The second-order valence-corrected chi connectivity index (χ2v) is 7.86. The molecule has 2 N–H and O–H groups in total. The molecule has 31 heavy (non-hydrogen) atoms. The Balaban J connectivity index is 1.29. The number of carbonyl (C=O) groups excluding carboxylic acids is 1. The molecular formula is C23H24F3N3O2. The van der Waals surface area contributed by atoms with Gasteiger partial charge in [0.05, 0.1) is 11.3 Å². The third-order valence-corrected chi connectivity index (χ3v) is 5.72. The highest BCUT2D eigenvalue weighted by atomic mass is 19.4. The molecule has 0 aromatic heterocycles. The van der Waals surface area contributed by atoms with Gasteiger partial charge in [-0.1, -0.05) is 42.5 Å². The number of amides is 2. The van der Waals surface area contributed by atoms with Crippen LogP contribution in [0.15, 0.2) is 60.7 Å². The molecule has 0 bridgehead atoms. The van der Waals surface area contributed by atoms with E-state index in [1.807, 2.05) is 36.4 Å². The molecule has 0 aliphatic carbocycles. The lowest BCUT2D eigenvalue weighted by molar-refractivity contribution is -0.137. The average Bonchev–Trinajstić information content (AvgIpc) is 3.18. The largest absolute Gasteiger partial charge is 0.416 e. The van der Waals surface area contributed by atoms with E-state index in [2.05, 4.69) is 10.8 Å². The number of carbonyl (C=O) groups is 1. The first-order valence-corrected chi connectivity index (χ1v) is 10.3. The molecule has 2 aromatic rings. The van der Waals surface area contributed by atoms with Gasteiger partial charge in [-0.05, 0) is 35.8 Å². The van der Waals surface area contributed by atoms with E-state index in [9.17, 15) is 18.0 Å². The molecule has 2 aromatic carbocycles. The summed E-state index contributed by atoms with van der Waals surface area (Å²) in [7, 11) is 0. The standard InChI is InChI=1S/C23H24F3N3O2/c24-23(25,26)19-8-6-18(7-9-19)20-16-22(31-28-20)11-14-29(15-12-22)21(30)27-13-10-17-4-2-1-3-5-17/h1-9,16,28H,10-15H2,(H,27,30). The molecule has 1 spiro atoms. The molecule has 0 atom stereocenters. The lowest BCUT2D eigenvalue weighted by Gasteiger charge is -2.36. The van der Waals surface area contributed by atoms with Gasteiger partial charge in [-0.2, -0.15) is 13.2 Å². The minimum atomic E-state index is -4.36.